The molecule has 0 saturated heterocycles. The first-order valence-electron chi connectivity index (χ1n) is 5.77. The van der Waals surface area contributed by atoms with Gasteiger partial charge >= 0.3 is 0 Å². The number of carbonyl (C=O) groups excluding carboxylic acids is 1. The zero-order valence-electron chi connectivity index (χ0n) is 9.09. The third-order valence-corrected chi connectivity index (χ3v) is 3.10. The largest absolute Gasteiger partial charge is 0.355 e. The zero-order valence-corrected chi connectivity index (χ0v) is 9.09. The van der Waals surface area contributed by atoms with Crippen LogP contribution in [-0.2, 0) is 4.79 Å². The second-order valence-electron chi connectivity index (χ2n) is 4.24. The standard InChI is InChI=1S/C11H22N2O/c1-2-10(12)11(14)13-8-7-9-5-3-4-6-9/h9-10H,2-8,12H2,1H3,(H,13,14)/t10-/m0/s1. The number of nitrogens with two attached hydrogens (primary N) is 1. The SMILES string of the molecule is CC[C@H](N)C(=O)NCCC1CCCC1. The van der Waals surface area contributed by atoms with Crippen LogP contribution in [-0.4, -0.2) is 18.5 Å². The third kappa shape index (κ3) is 3.66. The van der Waals surface area contributed by atoms with E-state index in [0.717, 1.165) is 25.3 Å². The van der Waals surface area contributed by atoms with Crippen LogP contribution < -0.4 is 11.1 Å². The van der Waals surface area contributed by atoms with E-state index >= 15 is 0 Å². The molecule has 0 bridgehead atoms. The molecule has 0 aromatic heterocycles. The summed E-state index contributed by atoms with van der Waals surface area (Å²) in [5, 5.41) is 2.90. The van der Waals surface area contributed by atoms with Crippen molar-refractivity contribution in [1.82, 2.24) is 5.32 Å². The summed E-state index contributed by atoms with van der Waals surface area (Å²) in [6.45, 7) is 2.73. The molecule has 0 radical (unpaired) electrons. The molecule has 3 heteroatoms. The molecule has 82 valence electrons. The van der Waals surface area contributed by atoms with Gasteiger partial charge in [0.15, 0.2) is 0 Å². The minimum Gasteiger partial charge on any atom is -0.355 e. The molecule has 0 aromatic carbocycles. The van der Waals surface area contributed by atoms with Gasteiger partial charge in [0.1, 0.15) is 0 Å². The van der Waals surface area contributed by atoms with E-state index < -0.39 is 0 Å². The van der Waals surface area contributed by atoms with Crippen molar-refractivity contribution in [2.75, 3.05) is 6.54 Å². The Bertz CT molecular complexity index is 176. The van der Waals surface area contributed by atoms with E-state index in [-0.39, 0.29) is 11.9 Å². The van der Waals surface area contributed by atoms with Gasteiger partial charge in [-0.25, -0.2) is 0 Å². The van der Waals surface area contributed by atoms with Gasteiger partial charge in [-0.3, -0.25) is 4.79 Å². The molecule has 1 rings (SSSR count). The Morgan fingerprint density at radius 1 is 1.50 bits per heavy atom. The average molecular weight is 198 g/mol. The van der Waals surface area contributed by atoms with Crippen molar-refractivity contribution in [1.29, 1.82) is 0 Å². The lowest BCUT2D eigenvalue weighted by Crippen LogP contribution is -2.40. The monoisotopic (exact) mass is 198 g/mol. The van der Waals surface area contributed by atoms with Gasteiger partial charge in [0, 0.05) is 6.54 Å². The van der Waals surface area contributed by atoms with E-state index in [4.69, 9.17) is 5.73 Å². The lowest BCUT2D eigenvalue weighted by atomic mass is 10.0. The highest BCUT2D eigenvalue weighted by molar-refractivity contribution is 5.81. The molecule has 0 aliphatic heterocycles. The summed E-state index contributed by atoms with van der Waals surface area (Å²) in [7, 11) is 0. The fourth-order valence-electron chi connectivity index (χ4n) is 2.02. The Kier molecular flexibility index (Phi) is 4.94. The van der Waals surface area contributed by atoms with Gasteiger partial charge in [-0.1, -0.05) is 32.6 Å². The Hall–Kier alpha value is -0.570. The third-order valence-electron chi connectivity index (χ3n) is 3.10. The maximum absolute atomic E-state index is 11.3. The zero-order chi connectivity index (χ0) is 10.4. The molecule has 0 unspecified atom stereocenters. The molecule has 1 atom stereocenters. The predicted molar refractivity (Wildman–Crippen MR) is 57.9 cm³/mol. The van der Waals surface area contributed by atoms with Crippen LogP contribution in [0.2, 0.25) is 0 Å². The Balaban J connectivity index is 2.05. The predicted octanol–water partition coefficient (Wildman–Crippen LogP) is 1.42. The van der Waals surface area contributed by atoms with E-state index in [9.17, 15) is 4.79 Å². The molecule has 14 heavy (non-hydrogen) atoms. The van der Waals surface area contributed by atoms with Gasteiger partial charge in [-0.15, -0.1) is 0 Å². The molecule has 1 aliphatic carbocycles. The van der Waals surface area contributed by atoms with Crippen LogP contribution in [0.4, 0.5) is 0 Å². The summed E-state index contributed by atoms with van der Waals surface area (Å²) in [5.41, 5.74) is 5.60. The number of hydrogen-bond acceptors (Lipinski definition) is 2. The Morgan fingerprint density at radius 2 is 2.14 bits per heavy atom. The van der Waals surface area contributed by atoms with Crippen molar-refractivity contribution in [2.45, 2.75) is 51.5 Å². The van der Waals surface area contributed by atoms with Gasteiger partial charge in [-0.05, 0) is 18.8 Å². The minimum atomic E-state index is -0.321. The number of rotatable bonds is 5. The summed E-state index contributed by atoms with van der Waals surface area (Å²) >= 11 is 0. The number of amides is 1. The fourth-order valence-corrected chi connectivity index (χ4v) is 2.02. The van der Waals surface area contributed by atoms with Crippen LogP contribution in [0.15, 0.2) is 0 Å². The topological polar surface area (TPSA) is 55.1 Å². The molecule has 0 heterocycles. The molecule has 1 fully saturated rings. The molecule has 0 aromatic rings. The number of nitrogens with one attached hydrogen (secondary N) is 1. The molecular weight excluding hydrogens is 176 g/mol. The van der Waals surface area contributed by atoms with E-state index in [1.807, 2.05) is 6.92 Å². The molecule has 3 N–H and O–H groups in total. The summed E-state index contributed by atoms with van der Waals surface area (Å²) in [6.07, 6.45) is 7.27. The van der Waals surface area contributed by atoms with E-state index in [2.05, 4.69) is 5.32 Å². The van der Waals surface area contributed by atoms with Crippen molar-refractivity contribution >= 4 is 5.91 Å². The van der Waals surface area contributed by atoms with Crippen molar-refractivity contribution < 1.29 is 4.79 Å². The lowest BCUT2D eigenvalue weighted by Gasteiger charge is -2.12. The van der Waals surface area contributed by atoms with Gasteiger partial charge in [0.2, 0.25) is 5.91 Å². The van der Waals surface area contributed by atoms with Crippen molar-refractivity contribution in [3.63, 3.8) is 0 Å². The molecule has 1 amide bonds. The van der Waals surface area contributed by atoms with Gasteiger partial charge in [0.25, 0.3) is 0 Å². The van der Waals surface area contributed by atoms with E-state index in [1.165, 1.54) is 25.7 Å². The average Bonchev–Trinajstić information content (AvgIpc) is 2.69. The Labute approximate surface area is 86.4 Å². The lowest BCUT2D eigenvalue weighted by molar-refractivity contribution is -0.122. The maximum atomic E-state index is 11.3. The highest BCUT2D eigenvalue weighted by Gasteiger charge is 2.15. The highest BCUT2D eigenvalue weighted by Crippen LogP contribution is 2.26. The number of hydrogen-bond donors (Lipinski definition) is 2. The van der Waals surface area contributed by atoms with Crippen LogP contribution in [0, 0.1) is 5.92 Å². The first kappa shape index (κ1) is 11.5. The molecule has 3 nitrogen and oxygen atoms in total. The summed E-state index contributed by atoms with van der Waals surface area (Å²) in [5.74, 6) is 0.846. The summed E-state index contributed by atoms with van der Waals surface area (Å²) < 4.78 is 0. The highest BCUT2D eigenvalue weighted by atomic mass is 16.2. The van der Waals surface area contributed by atoms with Crippen LogP contribution >= 0.6 is 0 Å². The van der Waals surface area contributed by atoms with Crippen molar-refractivity contribution in [2.24, 2.45) is 11.7 Å². The van der Waals surface area contributed by atoms with Gasteiger partial charge in [-0.2, -0.15) is 0 Å². The minimum absolute atomic E-state index is 0.00509. The van der Waals surface area contributed by atoms with Gasteiger partial charge < -0.3 is 11.1 Å². The molecule has 0 spiro atoms. The molecular formula is C11H22N2O. The molecule has 1 saturated carbocycles. The Morgan fingerprint density at radius 3 is 2.71 bits per heavy atom. The second kappa shape index (κ2) is 6.02. The molecule has 1 aliphatic rings. The normalized spacial score (nSPS) is 19.6. The summed E-state index contributed by atoms with van der Waals surface area (Å²) in [6, 6.07) is -0.321. The first-order valence-corrected chi connectivity index (χ1v) is 5.77. The van der Waals surface area contributed by atoms with E-state index in [0.29, 0.717) is 0 Å². The van der Waals surface area contributed by atoms with Gasteiger partial charge in [0.05, 0.1) is 6.04 Å². The van der Waals surface area contributed by atoms with Crippen LogP contribution in [0.5, 0.6) is 0 Å². The quantitative estimate of drug-likeness (QED) is 0.702. The number of carbonyl (C=O) groups is 1. The summed E-state index contributed by atoms with van der Waals surface area (Å²) in [4.78, 5) is 11.3. The van der Waals surface area contributed by atoms with Crippen LogP contribution in [0.25, 0.3) is 0 Å². The second-order valence-corrected chi connectivity index (χ2v) is 4.24. The van der Waals surface area contributed by atoms with Crippen LogP contribution in [0.1, 0.15) is 45.4 Å². The smallest absolute Gasteiger partial charge is 0.236 e. The van der Waals surface area contributed by atoms with Crippen molar-refractivity contribution in [3.05, 3.63) is 0 Å². The maximum Gasteiger partial charge on any atom is 0.236 e. The van der Waals surface area contributed by atoms with Crippen LogP contribution in [0.3, 0.4) is 0 Å². The first-order chi connectivity index (χ1) is 6.74. The van der Waals surface area contributed by atoms with E-state index in [1.54, 1.807) is 0 Å². The van der Waals surface area contributed by atoms with Crippen molar-refractivity contribution in [3.8, 4) is 0 Å². The fraction of sp³-hybridized carbons (Fsp3) is 0.909.